The summed E-state index contributed by atoms with van der Waals surface area (Å²) in [6.45, 7) is 12.1. The molecule has 12 nitrogen and oxygen atoms in total. The topological polar surface area (TPSA) is 180 Å². The molecule has 4 aliphatic carbocycles. The summed E-state index contributed by atoms with van der Waals surface area (Å²) in [5.74, 6) is 3.74. The van der Waals surface area contributed by atoms with Gasteiger partial charge >= 0.3 is 0 Å². The minimum Gasteiger partial charge on any atom is -0.388 e. The molecule has 0 amide bonds. The average molecular weight is 722 g/mol. The van der Waals surface area contributed by atoms with Crippen LogP contribution in [0.5, 0.6) is 0 Å². The molecule has 3 saturated carbocycles. The van der Waals surface area contributed by atoms with Crippen molar-refractivity contribution in [3.05, 3.63) is 11.6 Å². The smallest absolute Gasteiger partial charge is 0.186 e. The zero-order valence-electron chi connectivity index (χ0n) is 31.0. The number of aliphatic hydroxyl groups is 6. The number of hydrogen-bond donors (Lipinski definition) is 7. The molecule has 4 saturated heterocycles. The largest absolute Gasteiger partial charge is 0.388 e. The number of piperidine rings is 1. The lowest BCUT2D eigenvalue weighted by molar-refractivity contribution is -0.334. The van der Waals surface area contributed by atoms with Crippen molar-refractivity contribution < 1.29 is 54.3 Å². The van der Waals surface area contributed by atoms with Gasteiger partial charge in [0.2, 0.25) is 0 Å². The van der Waals surface area contributed by atoms with Crippen molar-refractivity contribution in [2.45, 2.75) is 172 Å². The number of allylic oxidation sites excluding steroid dienone is 1. The first-order valence-electron chi connectivity index (χ1n) is 20.0. The van der Waals surface area contributed by atoms with Gasteiger partial charge < -0.3 is 54.3 Å². The van der Waals surface area contributed by atoms with Gasteiger partial charge in [-0.3, -0.25) is 5.32 Å². The number of aliphatic hydroxyl groups excluding tert-OH is 6. The molecule has 21 atom stereocenters. The van der Waals surface area contributed by atoms with Crippen molar-refractivity contribution in [1.82, 2.24) is 5.32 Å². The summed E-state index contributed by atoms with van der Waals surface area (Å²) in [6.07, 6.45) is -0.901. The molecule has 4 aliphatic heterocycles. The van der Waals surface area contributed by atoms with E-state index in [2.05, 4.69) is 39.1 Å². The molecule has 8 rings (SSSR count). The first kappa shape index (κ1) is 37.2. The quantitative estimate of drug-likeness (QED) is 0.206. The van der Waals surface area contributed by atoms with Gasteiger partial charge in [-0.15, -0.1) is 0 Å². The second kappa shape index (κ2) is 13.5. The van der Waals surface area contributed by atoms with Crippen LogP contribution in [-0.2, 0) is 23.7 Å². The second-order valence-electron chi connectivity index (χ2n) is 18.5. The normalized spacial score (nSPS) is 58.4. The van der Waals surface area contributed by atoms with Crippen LogP contribution in [0.1, 0.15) is 92.4 Å². The Morgan fingerprint density at radius 2 is 1.57 bits per heavy atom. The maximum Gasteiger partial charge on any atom is 0.186 e. The van der Waals surface area contributed by atoms with Gasteiger partial charge in [0.1, 0.15) is 48.5 Å². The summed E-state index contributed by atoms with van der Waals surface area (Å²) in [6, 6.07) is 0. The van der Waals surface area contributed by atoms with Crippen LogP contribution in [0.15, 0.2) is 11.6 Å². The number of fused-ring (bicyclic) bond motifs is 7. The molecule has 8 aliphatic rings. The fourth-order valence-electron chi connectivity index (χ4n) is 12.6. The Balaban J connectivity index is 0.909. The van der Waals surface area contributed by atoms with Crippen LogP contribution in [0.4, 0.5) is 0 Å². The maximum absolute atomic E-state index is 10.9. The molecular weight excluding hydrogens is 658 g/mol. The predicted octanol–water partition coefficient (Wildman–Crippen LogP) is 1.96. The Kier molecular flexibility index (Phi) is 9.83. The van der Waals surface area contributed by atoms with E-state index in [9.17, 15) is 30.6 Å². The van der Waals surface area contributed by atoms with Gasteiger partial charge in [-0.1, -0.05) is 39.3 Å². The second-order valence-corrected chi connectivity index (χ2v) is 18.5. The molecule has 7 fully saturated rings. The van der Waals surface area contributed by atoms with E-state index in [0.29, 0.717) is 47.0 Å². The number of hydrogen-bond acceptors (Lipinski definition) is 12. The molecule has 0 aromatic heterocycles. The third-order valence-electron chi connectivity index (χ3n) is 15.8. The average Bonchev–Trinajstić information content (AvgIpc) is 3.56. The summed E-state index contributed by atoms with van der Waals surface area (Å²) in [4.78, 5) is 0. The number of nitrogens with one attached hydrogen (secondary N) is 1. The Morgan fingerprint density at radius 1 is 0.824 bits per heavy atom. The Labute approximate surface area is 302 Å². The highest BCUT2D eigenvalue weighted by atomic mass is 16.7. The minimum absolute atomic E-state index is 0.0881. The summed E-state index contributed by atoms with van der Waals surface area (Å²) in [5.41, 5.74) is 1.66. The Hall–Kier alpha value is -0.740. The molecule has 21 unspecified atom stereocenters. The van der Waals surface area contributed by atoms with Crippen LogP contribution in [0.2, 0.25) is 0 Å². The van der Waals surface area contributed by atoms with Gasteiger partial charge in [0.05, 0.1) is 24.9 Å². The highest BCUT2D eigenvalue weighted by Crippen LogP contribution is 2.70. The Bertz CT molecular complexity index is 1310. The first-order valence-corrected chi connectivity index (χ1v) is 20.0. The van der Waals surface area contributed by atoms with Crippen molar-refractivity contribution in [2.24, 2.45) is 46.3 Å². The third kappa shape index (κ3) is 5.93. The van der Waals surface area contributed by atoms with Crippen LogP contribution in [0.25, 0.3) is 0 Å². The van der Waals surface area contributed by atoms with E-state index < -0.39 is 61.4 Å². The highest BCUT2D eigenvalue weighted by Gasteiger charge is 2.68. The van der Waals surface area contributed by atoms with Gasteiger partial charge in [0.25, 0.3) is 0 Å². The van der Waals surface area contributed by atoms with Crippen LogP contribution in [-0.4, -0.2) is 123 Å². The van der Waals surface area contributed by atoms with E-state index in [1.165, 1.54) is 31.3 Å². The van der Waals surface area contributed by atoms with E-state index in [1.54, 1.807) is 6.92 Å². The molecule has 0 bridgehead atoms. The zero-order chi connectivity index (χ0) is 36.2. The van der Waals surface area contributed by atoms with Crippen molar-refractivity contribution in [2.75, 3.05) is 13.2 Å². The predicted molar refractivity (Wildman–Crippen MR) is 184 cm³/mol. The zero-order valence-corrected chi connectivity index (χ0v) is 31.0. The lowest BCUT2D eigenvalue weighted by Gasteiger charge is -2.59. The van der Waals surface area contributed by atoms with Gasteiger partial charge in [-0.05, 0) is 105 Å². The van der Waals surface area contributed by atoms with Gasteiger partial charge in [0, 0.05) is 12.5 Å². The standard InChI is InChI=1S/C39H63NO11/c1-18-8-13-39(40-16-18)19(2)28-26(51-39)15-25-23-7-6-21-14-22(9-11-37(21,4)24(23)10-12-38(25,28)5)49-36-34(46)32(44)30(42)27(50-36)17-47-35-33(45)31(43)29(41)20(3)48-35/h6,18-20,22-36,40-46H,7-17H2,1-5H3. The fraction of sp³-hybridized carbons (Fsp3) is 0.949. The van der Waals surface area contributed by atoms with Crippen LogP contribution in [0, 0.1) is 46.3 Å². The molecule has 7 N–H and O–H groups in total. The van der Waals surface area contributed by atoms with E-state index >= 15 is 0 Å². The molecule has 0 radical (unpaired) electrons. The van der Waals surface area contributed by atoms with Crippen LogP contribution >= 0.6 is 0 Å². The molecule has 0 aromatic rings. The summed E-state index contributed by atoms with van der Waals surface area (Å²) in [5, 5.41) is 66.7. The van der Waals surface area contributed by atoms with Gasteiger partial charge in [-0.25, -0.2) is 0 Å². The molecule has 290 valence electrons. The van der Waals surface area contributed by atoms with Crippen molar-refractivity contribution in [3.63, 3.8) is 0 Å². The number of ether oxygens (including phenoxy) is 5. The number of rotatable bonds is 5. The van der Waals surface area contributed by atoms with E-state index in [4.69, 9.17) is 23.7 Å². The lowest BCUT2D eigenvalue weighted by atomic mass is 9.47. The third-order valence-corrected chi connectivity index (χ3v) is 15.8. The van der Waals surface area contributed by atoms with Crippen molar-refractivity contribution in [3.8, 4) is 0 Å². The Morgan fingerprint density at radius 3 is 2.31 bits per heavy atom. The maximum atomic E-state index is 10.9. The molecule has 51 heavy (non-hydrogen) atoms. The van der Waals surface area contributed by atoms with Crippen molar-refractivity contribution in [1.29, 1.82) is 0 Å². The van der Waals surface area contributed by atoms with E-state index in [-0.39, 0.29) is 23.9 Å². The summed E-state index contributed by atoms with van der Waals surface area (Å²) >= 11 is 0. The van der Waals surface area contributed by atoms with E-state index in [1.807, 2.05) is 0 Å². The molecule has 0 aromatic carbocycles. The van der Waals surface area contributed by atoms with Crippen LogP contribution in [0.3, 0.4) is 0 Å². The van der Waals surface area contributed by atoms with Gasteiger partial charge in [-0.2, -0.15) is 0 Å². The van der Waals surface area contributed by atoms with E-state index in [0.717, 1.165) is 38.6 Å². The molecule has 12 heteroatoms. The summed E-state index contributed by atoms with van der Waals surface area (Å²) in [7, 11) is 0. The monoisotopic (exact) mass is 721 g/mol. The summed E-state index contributed by atoms with van der Waals surface area (Å²) < 4.78 is 30.6. The highest BCUT2D eigenvalue weighted by molar-refractivity contribution is 5.26. The minimum atomic E-state index is -1.54. The molecular formula is C39H63NO11. The fourth-order valence-corrected chi connectivity index (χ4v) is 12.6. The lowest BCUT2D eigenvalue weighted by Crippen LogP contribution is -2.61. The SMILES string of the molecule is CC1CCC2(NC1)OC1CC3C4CC=C5CC(OC6OC(COC7OC(C)C(O)C(O)C7O)C(O)C(O)C6O)CCC5(C)C4CCC3(C)C1C2C. The van der Waals surface area contributed by atoms with Crippen LogP contribution < -0.4 is 5.32 Å². The first-order chi connectivity index (χ1) is 24.2. The molecule has 4 heterocycles. The molecule has 1 spiro atoms. The van der Waals surface area contributed by atoms with Gasteiger partial charge in [0.15, 0.2) is 12.6 Å². The van der Waals surface area contributed by atoms with Crippen molar-refractivity contribution >= 4 is 0 Å².